The Bertz CT molecular complexity index is 1090. The van der Waals surface area contributed by atoms with Crippen LogP contribution in [-0.2, 0) is 0 Å². The number of carbonyl (C=O) groups is 1. The molecule has 0 aliphatic heterocycles. The van der Waals surface area contributed by atoms with Crippen LogP contribution in [0.1, 0.15) is 31.2 Å². The Morgan fingerprint density at radius 3 is 2.58 bits per heavy atom. The molecule has 0 bridgehead atoms. The number of nitrogens with zero attached hydrogens (tertiary/aromatic N) is 4. The number of amides is 1. The number of carboxylic acid groups (broad SMARTS) is 1. The summed E-state index contributed by atoms with van der Waals surface area (Å²) in [7, 11) is 0. The average molecular weight is 417 g/mol. The van der Waals surface area contributed by atoms with Gasteiger partial charge in [0.25, 0.3) is 0 Å². The van der Waals surface area contributed by atoms with E-state index in [1.54, 1.807) is 18.5 Å². The first-order valence-electron chi connectivity index (χ1n) is 10.2. The standard InChI is InChI=1S/C22H23N7O2/c23-14-15-8-9-17(26-19-6-1-2-7-20(19)28-22(30)31)13-21(15)27-16-4-3-5-18(12-16)29-24-10-11-25-29/h3-5,8-13,19-20,26-28H,1-2,6-7H2,(H,30,31)/t19-,20+/m1/s1. The van der Waals surface area contributed by atoms with Gasteiger partial charge in [-0.05, 0) is 49.2 Å². The van der Waals surface area contributed by atoms with E-state index in [0.29, 0.717) is 11.3 Å². The summed E-state index contributed by atoms with van der Waals surface area (Å²) in [6, 6.07) is 15.1. The van der Waals surface area contributed by atoms with Crippen LogP contribution >= 0.6 is 0 Å². The number of hydrogen-bond donors (Lipinski definition) is 4. The van der Waals surface area contributed by atoms with Crippen LogP contribution in [0.15, 0.2) is 54.9 Å². The van der Waals surface area contributed by atoms with Gasteiger partial charge >= 0.3 is 6.09 Å². The molecule has 9 nitrogen and oxygen atoms in total. The monoisotopic (exact) mass is 417 g/mol. The van der Waals surface area contributed by atoms with Crippen LogP contribution in [-0.4, -0.2) is 38.3 Å². The number of nitriles is 1. The molecule has 2 atom stereocenters. The van der Waals surface area contributed by atoms with Gasteiger partial charge in [-0.15, -0.1) is 0 Å². The fourth-order valence-electron chi connectivity index (χ4n) is 3.90. The van der Waals surface area contributed by atoms with Crippen molar-refractivity contribution in [1.29, 1.82) is 5.26 Å². The smallest absolute Gasteiger partial charge is 0.404 e. The molecule has 4 N–H and O–H groups in total. The van der Waals surface area contributed by atoms with Crippen LogP contribution in [0.25, 0.3) is 5.69 Å². The Kier molecular flexibility index (Phi) is 5.98. The van der Waals surface area contributed by atoms with Crippen LogP contribution in [0.5, 0.6) is 0 Å². The summed E-state index contributed by atoms with van der Waals surface area (Å²) < 4.78 is 0. The van der Waals surface area contributed by atoms with Crippen molar-refractivity contribution in [3.8, 4) is 11.8 Å². The van der Waals surface area contributed by atoms with Crippen LogP contribution in [0.2, 0.25) is 0 Å². The molecule has 1 saturated carbocycles. The number of benzene rings is 2. The predicted molar refractivity (Wildman–Crippen MR) is 117 cm³/mol. The zero-order valence-electron chi connectivity index (χ0n) is 16.8. The molecule has 9 heteroatoms. The second-order valence-electron chi connectivity index (χ2n) is 7.46. The SMILES string of the molecule is N#Cc1ccc(N[C@@H]2CCCC[C@@H]2NC(=O)O)cc1Nc1cccc(-n2nccn2)c1. The van der Waals surface area contributed by atoms with Gasteiger partial charge in [0.15, 0.2) is 0 Å². The molecule has 2 aromatic carbocycles. The summed E-state index contributed by atoms with van der Waals surface area (Å²) in [4.78, 5) is 12.6. The maximum atomic E-state index is 11.1. The highest BCUT2D eigenvalue weighted by molar-refractivity contribution is 5.72. The number of anilines is 3. The topological polar surface area (TPSA) is 128 Å². The van der Waals surface area contributed by atoms with E-state index in [1.807, 2.05) is 36.4 Å². The second kappa shape index (κ2) is 9.17. The minimum Gasteiger partial charge on any atom is -0.465 e. The molecule has 0 saturated heterocycles. The summed E-state index contributed by atoms with van der Waals surface area (Å²) in [6.07, 6.45) is 5.95. The Morgan fingerprint density at radius 2 is 1.84 bits per heavy atom. The van der Waals surface area contributed by atoms with Gasteiger partial charge in [0.2, 0.25) is 0 Å². The summed E-state index contributed by atoms with van der Waals surface area (Å²) in [5, 5.41) is 36.3. The van der Waals surface area contributed by atoms with E-state index >= 15 is 0 Å². The molecular weight excluding hydrogens is 394 g/mol. The number of aromatic nitrogens is 3. The molecule has 0 spiro atoms. The molecule has 1 aliphatic rings. The second-order valence-corrected chi connectivity index (χ2v) is 7.46. The highest BCUT2D eigenvalue weighted by atomic mass is 16.4. The zero-order valence-corrected chi connectivity index (χ0v) is 16.8. The average Bonchev–Trinajstić information content (AvgIpc) is 3.30. The van der Waals surface area contributed by atoms with Crippen LogP contribution in [0.4, 0.5) is 21.9 Å². The minimum absolute atomic E-state index is 0.000136. The van der Waals surface area contributed by atoms with Gasteiger partial charge in [0, 0.05) is 17.4 Å². The first-order chi connectivity index (χ1) is 15.1. The number of hydrogen-bond acceptors (Lipinski definition) is 6. The Hall–Kier alpha value is -4.06. The molecule has 31 heavy (non-hydrogen) atoms. The van der Waals surface area contributed by atoms with Crippen molar-refractivity contribution in [2.24, 2.45) is 0 Å². The van der Waals surface area contributed by atoms with E-state index in [4.69, 9.17) is 5.11 Å². The summed E-state index contributed by atoms with van der Waals surface area (Å²) >= 11 is 0. The maximum absolute atomic E-state index is 11.1. The van der Waals surface area contributed by atoms with Crippen molar-refractivity contribution in [3.05, 3.63) is 60.4 Å². The molecule has 0 unspecified atom stereocenters. The van der Waals surface area contributed by atoms with E-state index in [0.717, 1.165) is 42.7 Å². The lowest BCUT2D eigenvalue weighted by atomic mass is 9.90. The van der Waals surface area contributed by atoms with Gasteiger partial charge in [-0.2, -0.15) is 20.3 Å². The lowest BCUT2D eigenvalue weighted by molar-refractivity contribution is 0.184. The third kappa shape index (κ3) is 4.93. The highest BCUT2D eigenvalue weighted by Gasteiger charge is 2.26. The minimum atomic E-state index is -1.01. The number of nitrogens with one attached hydrogen (secondary N) is 3. The van der Waals surface area contributed by atoms with Gasteiger partial charge in [0.1, 0.15) is 6.07 Å². The molecule has 158 valence electrons. The lowest BCUT2D eigenvalue weighted by Crippen LogP contribution is -2.48. The van der Waals surface area contributed by atoms with Crippen molar-refractivity contribution < 1.29 is 9.90 Å². The Balaban J connectivity index is 1.55. The van der Waals surface area contributed by atoms with Crippen molar-refractivity contribution in [3.63, 3.8) is 0 Å². The number of rotatable bonds is 6. The van der Waals surface area contributed by atoms with Crippen molar-refractivity contribution in [2.45, 2.75) is 37.8 Å². The van der Waals surface area contributed by atoms with Crippen molar-refractivity contribution in [2.75, 3.05) is 10.6 Å². The van der Waals surface area contributed by atoms with Crippen LogP contribution in [0, 0.1) is 11.3 Å². The largest absolute Gasteiger partial charge is 0.465 e. The van der Waals surface area contributed by atoms with E-state index in [-0.39, 0.29) is 12.1 Å². The highest BCUT2D eigenvalue weighted by Crippen LogP contribution is 2.28. The van der Waals surface area contributed by atoms with Gasteiger partial charge in [-0.1, -0.05) is 18.9 Å². The van der Waals surface area contributed by atoms with Gasteiger partial charge < -0.3 is 21.1 Å². The van der Waals surface area contributed by atoms with Crippen LogP contribution in [0.3, 0.4) is 0 Å². The fourth-order valence-corrected chi connectivity index (χ4v) is 3.90. The van der Waals surface area contributed by atoms with Gasteiger partial charge in [-0.25, -0.2) is 4.79 Å². The molecule has 0 radical (unpaired) electrons. The lowest BCUT2D eigenvalue weighted by Gasteiger charge is -2.32. The van der Waals surface area contributed by atoms with Gasteiger partial charge in [-0.3, -0.25) is 0 Å². The van der Waals surface area contributed by atoms with E-state index < -0.39 is 6.09 Å². The maximum Gasteiger partial charge on any atom is 0.404 e. The first-order valence-corrected chi connectivity index (χ1v) is 10.2. The zero-order chi connectivity index (χ0) is 21.6. The third-order valence-electron chi connectivity index (χ3n) is 5.34. The molecule has 1 fully saturated rings. The molecule has 1 aromatic heterocycles. The molecule has 3 aromatic rings. The summed E-state index contributed by atoms with van der Waals surface area (Å²) in [5.74, 6) is 0. The predicted octanol–water partition coefficient (Wildman–Crippen LogP) is 3.87. The fraction of sp³-hybridized carbons (Fsp3) is 0.273. The van der Waals surface area contributed by atoms with E-state index in [2.05, 4.69) is 32.2 Å². The molecule has 1 aliphatic carbocycles. The molecular formula is C22H23N7O2. The third-order valence-corrected chi connectivity index (χ3v) is 5.34. The van der Waals surface area contributed by atoms with Gasteiger partial charge in [0.05, 0.1) is 35.4 Å². The van der Waals surface area contributed by atoms with Crippen molar-refractivity contribution >= 4 is 23.2 Å². The molecule has 1 heterocycles. The normalized spacial score (nSPS) is 18.0. The molecule has 4 rings (SSSR count). The Labute approximate surface area is 179 Å². The van der Waals surface area contributed by atoms with E-state index in [1.165, 1.54) is 4.80 Å². The molecule has 1 amide bonds. The van der Waals surface area contributed by atoms with E-state index in [9.17, 15) is 10.1 Å². The van der Waals surface area contributed by atoms with Crippen molar-refractivity contribution in [1.82, 2.24) is 20.3 Å². The van der Waals surface area contributed by atoms with Crippen LogP contribution < -0.4 is 16.0 Å². The first kappa shape index (κ1) is 20.2. The summed E-state index contributed by atoms with van der Waals surface area (Å²) in [5.41, 5.74) is 3.60. The summed E-state index contributed by atoms with van der Waals surface area (Å²) in [6.45, 7) is 0. The Morgan fingerprint density at radius 1 is 1.06 bits per heavy atom. The quantitative estimate of drug-likeness (QED) is 0.479.